The summed E-state index contributed by atoms with van der Waals surface area (Å²) in [7, 11) is 0. The lowest BCUT2D eigenvalue weighted by atomic mass is 10.1. The average molecular weight is 550 g/mol. The number of barbiturate groups is 1. The molecule has 0 atom stereocenters. The van der Waals surface area contributed by atoms with E-state index < -0.39 is 17.8 Å². The molecule has 1 saturated heterocycles. The first-order valence-electron chi connectivity index (χ1n) is 10.00. The van der Waals surface area contributed by atoms with Crippen molar-refractivity contribution in [3.63, 3.8) is 0 Å². The Morgan fingerprint density at radius 2 is 1.68 bits per heavy atom. The molecule has 0 unspecified atom stereocenters. The largest absolute Gasteiger partial charge is 0.493 e. The molecule has 2 aromatic carbocycles. The number of urea groups is 1. The molecule has 4 amide bonds. The molecule has 31 heavy (non-hydrogen) atoms. The van der Waals surface area contributed by atoms with Gasteiger partial charge in [0.05, 0.1) is 12.3 Å². The first-order chi connectivity index (χ1) is 14.9. The van der Waals surface area contributed by atoms with Crippen molar-refractivity contribution in [3.05, 3.63) is 62.5 Å². The lowest BCUT2D eigenvalue weighted by Crippen LogP contribution is -2.54. The fraction of sp³-hybridized carbons (Fsp3) is 0.261. The van der Waals surface area contributed by atoms with Crippen molar-refractivity contribution in [1.29, 1.82) is 0 Å². The Hall–Kier alpha value is -2.45. The third kappa shape index (κ3) is 5.83. The van der Waals surface area contributed by atoms with Gasteiger partial charge in [0.15, 0.2) is 0 Å². The van der Waals surface area contributed by atoms with Crippen LogP contribution >= 0.6 is 31.9 Å². The van der Waals surface area contributed by atoms with E-state index in [0.717, 1.165) is 39.5 Å². The zero-order valence-electron chi connectivity index (χ0n) is 17.0. The summed E-state index contributed by atoms with van der Waals surface area (Å²) in [6.45, 7) is 2.69. The van der Waals surface area contributed by atoms with Crippen molar-refractivity contribution in [2.24, 2.45) is 0 Å². The van der Waals surface area contributed by atoms with E-state index in [9.17, 15) is 14.4 Å². The number of imide groups is 2. The summed E-state index contributed by atoms with van der Waals surface area (Å²) in [5, 5.41) is 2.24. The molecule has 0 aliphatic carbocycles. The predicted octanol–water partition coefficient (Wildman–Crippen LogP) is 5.84. The minimum Gasteiger partial charge on any atom is -0.493 e. The minimum absolute atomic E-state index is 0.142. The third-order valence-electron chi connectivity index (χ3n) is 4.71. The number of hydrogen-bond acceptors (Lipinski definition) is 4. The van der Waals surface area contributed by atoms with Crippen molar-refractivity contribution in [2.45, 2.75) is 32.6 Å². The molecule has 0 saturated carbocycles. The average Bonchev–Trinajstić information content (AvgIpc) is 2.73. The standard InChI is InChI=1S/C23H22Br2N2O4/c1-2-3-4-5-12-31-20-11-8-17(25)13-15(20)14-19-21(28)26-23(30)27(22(19)29)18-9-6-16(24)7-10-18/h6-11,13-14H,2-5,12H2,1H3,(H,26,28,30)/b19-14+. The molecular formula is C23H22Br2N2O4. The van der Waals surface area contributed by atoms with Crippen LogP contribution in [0.1, 0.15) is 38.2 Å². The molecule has 0 radical (unpaired) electrons. The summed E-state index contributed by atoms with van der Waals surface area (Å²) in [6, 6.07) is 11.3. The van der Waals surface area contributed by atoms with Crippen LogP contribution in [0.2, 0.25) is 0 Å². The lowest BCUT2D eigenvalue weighted by Gasteiger charge is -2.26. The van der Waals surface area contributed by atoms with Gasteiger partial charge in [0.25, 0.3) is 11.8 Å². The van der Waals surface area contributed by atoms with Crippen LogP contribution in [0.15, 0.2) is 57.0 Å². The van der Waals surface area contributed by atoms with Gasteiger partial charge in [-0.1, -0.05) is 58.0 Å². The van der Waals surface area contributed by atoms with Gasteiger partial charge in [-0.15, -0.1) is 0 Å². The number of amides is 4. The smallest absolute Gasteiger partial charge is 0.335 e. The number of hydrogen-bond donors (Lipinski definition) is 1. The maximum absolute atomic E-state index is 13.1. The highest BCUT2D eigenvalue weighted by Gasteiger charge is 2.37. The van der Waals surface area contributed by atoms with Gasteiger partial charge in [-0.3, -0.25) is 14.9 Å². The minimum atomic E-state index is -0.781. The number of halogens is 2. The zero-order chi connectivity index (χ0) is 22.4. The van der Waals surface area contributed by atoms with E-state index in [0.29, 0.717) is 23.6 Å². The molecule has 1 fully saturated rings. The normalized spacial score (nSPS) is 15.4. The number of carbonyl (C=O) groups excluding carboxylic acids is 3. The molecule has 1 aliphatic rings. The first kappa shape index (κ1) is 23.2. The molecule has 6 nitrogen and oxygen atoms in total. The van der Waals surface area contributed by atoms with E-state index in [-0.39, 0.29) is 5.57 Å². The quantitative estimate of drug-likeness (QED) is 0.255. The topological polar surface area (TPSA) is 75.7 Å². The maximum Gasteiger partial charge on any atom is 0.335 e. The second-order valence-electron chi connectivity index (χ2n) is 7.03. The van der Waals surface area contributed by atoms with E-state index in [1.807, 2.05) is 6.07 Å². The molecular weight excluding hydrogens is 528 g/mol. The third-order valence-corrected chi connectivity index (χ3v) is 5.74. The number of ether oxygens (including phenoxy) is 1. The van der Waals surface area contributed by atoms with Gasteiger partial charge in [-0.25, -0.2) is 9.69 Å². The summed E-state index contributed by atoms with van der Waals surface area (Å²) in [6.07, 6.45) is 5.75. The Morgan fingerprint density at radius 1 is 0.968 bits per heavy atom. The monoisotopic (exact) mass is 548 g/mol. The molecule has 162 valence electrons. The van der Waals surface area contributed by atoms with Gasteiger partial charge >= 0.3 is 6.03 Å². The summed E-state index contributed by atoms with van der Waals surface area (Å²) in [5.41, 5.74) is 0.802. The molecule has 1 N–H and O–H groups in total. The zero-order valence-corrected chi connectivity index (χ0v) is 20.2. The van der Waals surface area contributed by atoms with Crippen LogP contribution in [-0.4, -0.2) is 24.5 Å². The van der Waals surface area contributed by atoms with Crippen LogP contribution in [0.25, 0.3) is 6.08 Å². The second-order valence-corrected chi connectivity index (χ2v) is 8.86. The van der Waals surface area contributed by atoms with Crippen LogP contribution in [-0.2, 0) is 9.59 Å². The molecule has 0 bridgehead atoms. The predicted molar refractivity (Wildman–Crippen MR) is 127 cm³/mol. The van der Waals surface area contributed by atoms with Crippen LogP contribution in [0, 0.1) is 0 Å². The van der Waals surface area contributed by atoms with Crippen molar-refractivity contribution >= 4 is 61.5 Å². The van der Waals surface area contributed by atoms with Crippen LogP contribution < -0.4 is 15.0 Å². The second kappa shape index (κ2) is 10.7. The number of nitrogens with zero attached hydrogens (tertiary/aromatic N) is 1. The Balaban J connectivity index is 1.89. The maximum atomic E-state index is 13.1. The van der Waals surface area contributed by atoms with Gasteiger partial charge in [0, 0.05) is 14.5 Å². The van der Waals surface area contributed by atoms with Gasteiger partial charge in [-0.2, -0.15) is 0 Å². The highest BCUT2D eigenvalue weighted by molar-refractivity contribution is 9.10. The molecule has 1 aliphatic heterocycles. The molecule has 8 heteroatoms. The fourth-order valence-electron chi connectivity index (χ4n) is 3.11. The summed E-state index contributed by atoms with van der Waals surface area (Å²) < 4.78 is 7.49. The number of benzene rings is 2. The first-order valence-corrected chi connectivity index (χ1v) is 11.6. The SMILES string of the molecule is CCCCCCOc1ccc(Br)cc1/C=C1\C(=O)NC(=O)N(c2ccc(Br)cc2)C1=O. The van der Waals surface area contributed by atoms with Crippen LogP contribution in [0.4, 0.5) is 10.5 Å². The number of carbonyl (C=O) groups is 3. The summed E-state index contributed by atoms with van der Waals surface area (Å²) >= 11 is 6.75. The van der Waals surface area contributed by atoms with Gasteiger partial charge in [-0.05, 0) is 55.0 Å². The molecule has 0 aromatic heterocycles. The van der Waals surface area contributed by atoms with E-state index in [4.69, 9.17) is 4.74 Å². The highest BCUT2D eigenvalue weighted by Crippen LogP contribution is 2.28. The summed E-state index contributed by atoms with van der Waals surface area (Å²) in [5.74, 6) is -0.859. The van der Waals surface area contributed by atoms with E-state index >= 15 is 0 Å². The van der Waals surface area contributed by atoms with E-state index in [1.54, 1.807) is 36.4 Å². The Bertz CT molecular complexity index is 1020. The van der Waals surface area contributed by atoms with E-state index in [1.165, 1.54) is 6.08 Å². The summed E-state index contributed by atoms with van der Waals surface area (Å²) in [4.78, 5) is 38.8. The van der Waals surface area contributed by atoms with Gasteiger partial charge < -0.3 is 4.74 Å². The van der Waals surface area contributed by atoms with Gasteiger partial charge in [0.1, 0.15) is 11.3 Å². The van der Waals surface area contributed by atoms with Gasteiger partial charge in [0.2, 0.25) is 0 Å². The number of rotatable bonds is 8. The van der Waals surface area contributed by atoms with Crippen molar-refractivity contribution in [3.8, 4) is 5.75 Å². The Morgan fingerprint density at radius 3 is 2.39 bits per heavy atom. The van der Waals surface area contributed by atoms with Crippen molar-refractivity contribution < 1.29 is 19.1 Å². The van der Waals surface area contributed by atoms with Crippen LogP contribution in [0.5, 0.6) is 5.75 Å². The van der Waals surface area contributed by atoms with Crippen molar-refractivity contribution in [2.75, 3.05) is 11.5 Å². The molecule has 0 spiro atoms. The van der Waals surface area contributed by atoms with Crippen molar-refractivity contribution in [1.82, 2.24) is 5.32 Å². The van der Waals surface area contributed by atoms with E-state index in [2.05, 4.69) is 44.1 Å². The fourth-order valence-corrected chi connectivity index (χ4v) is 3.76. The number of anilines is 1. The molecule has 2 aromatic rings. The lowest BCUT2D eigenvalue weighted by molar-refractivity contribution is -0.122. The Labute approximate surface area is 197 Å². The highest BCUT2D eigenvalue weighted by atomic mass is 79.9. The molecule has 1 heterocycles. The Kier molecular flexibility index (Phi) is 8.03. The molecule has 3 rings (SSSR count). The number of nitrogens with one attached hydrogen (secondary N) is 1. The number of unbranched alkanes of at least 4 members (excludes halogenated alkanes) is 3. The van der Waals surface area contributed by atoms with Crippen LogP contribution in [0.3, 0.4) is 0 Å².